The minimum atomic E-state index is 0.702. The molecule has 0 spiro atoms. The molecule has 86 valence electrons. The van der Waals surface area contributed by atoms with Crippen LogP contribution in [0.25, 0.3) is 5.82 Å². The zero-order valence-electron chi connectivity index (χ0n) is 10.2. The molecule has 2 rings (SSSR count). The van der Waals surface area contributed by atoms with Gasteiger partial charge in [0.2, 0.25) is 0 Å². The van der Waals surface area contributed by atoms with Crippen LogP contribution in [0.3, 0.4) is 0 Å². The standard InChI is InChI=1S/C11H17N5/c1-5-15-11(10(12)9(4)14-15)16-8(3)6-7(2)13-16/h6H,5,12H2,1-4H3. The van der Waals surface area contributed by atoms with E-state index in [-0.39, 0.29) is 0 Å². The molecule has 2 aromatic heterocycles. The van der Waals surface area contributed by atoms with Crippen LogP contribution in [0.1, 0.15) is 24.0 Å². The van der Waals surface area contributed by atoms with Crippen molar-refractivity contribution >= 4 is 5.69 Å². The first kappa shape index (κ1) is 10.7. The van der Waals surface area contributed by atoms with Gasteiger partial charge in [-0.25, -0.2) is 9.36 Å². The van der Waals surface area contributed by atoms with Crippen LogP contribution >= 0.6 is 0 Å². The van der Waals surface area contributed by atoms with Gasteiger partial charge in [0.25, 0.3) is 0 Å². The second-order valence-electron chi connectivity index (χ2n) is 3.98. The van der Waals surface area contributed by atoms with Gasteiger partial charge in [-0.1, -0.05) is 0 Å². The highest BCUT2D eigenvalue weighted by Crippen LogP contribution is 2.22. The fourth-order valence-corrected chi connectivity index (χ4v) is 1.87. The Kier molecular flexibility index (Phi) is 2.46. The van der Waals surface area contributed by atoms with Gasteiger partial charge in [0.1, 0.15) is 0 Å². The highest BCUT2D eigenvalue weighted by atomic mass is 15.4. The largest absolute Gasteiger partial charge is 0.394 e. The van der Waals surface area contributed by atoms with E-state index in [1.165, 1.54) is 0 Å². The molecular weight excluding hydrogens is 202 g/mol. The summed E-state index contributed by atoms with van der Waals surface area (Å²) in [5, 5.41) is 8.83. The number of hydrogen-bond acceptors (Lipinski definition) is 3. The Balaban J connectivity index is 2.67. The maximum atomic E-state index is 6.04. The predicted molar refractivity (Wildman–Crippen MR) is 63.6 cm³/mol. The zero-order valence-corrected chi connectivity index (χ0v) is 10.2. The fraction of sp³-hybridized carbons (Fsp3) is 0.455. The first-order valence-electron chi connectivity index (χ1n) is 5.41. The monoisotopic (exact) mass is 219 g/mol. The second-order valence-corrected chi connectivity index (χ2v) is 3.98. The summed E-state index contributed by atoms with van der Waals surface area (Å²) in [4.78, 5) is 0. The average molecular weight is 219 g/mol. The number of hydrogen-bond donors (Lipinski definition) is 1. The van der Waals surface area contributed by atoms with Gasteiger partial charge < -0.3 is 5.73 Å². The van der Waals surface area contributed by atoms with Gasteiger partial charge in [-0.3, -0.25) is 0 Å². The summed E-state index contributed by atoms with van der Waals surface area (Å²) in [6.07, 6.45) is 0. The van der Waals surface area contributed by atoms with Crippen molar-refractivity contribution in [2.24, 2.45) is 0 Å². The SMILES string of the molecule is CCn1nc(C)c(N)c1-n1nc(C)cc1C. The summed E-state index contributed by atoms with van der Waals surface area (Å²) < 4.78 is 3.73. The quantitative estimate of drug-likeness (QED) is 0.834. The molecule has 0 atom stereocenters. The third-order valence-corrected chi connectivity index (χ3v) is 2.66. The molecule has 0 amide bonds. The van der Waals surface area contributed by atoms with E-state index in [4.69, 9.17) is 5.73 Å². The van der Waals surface area contributed by atoms with Crippen LogP contribution in [0.2, 0.25) is 0 Å². The summed E-state index contributed by atoms with van der Waals surface area (Å²) in [6, 6.07) is 2.03. The third-order valence-electron chi connectivity index (χ3n) is 2.66. The van der Waals surface area contributed by atoms with Gasteiger partial charge >= 0.3 is 0 Å². The van der Waals surface area contributed by atoms with Crippen LogP contribution in [-0.2, 0) is 6.54 Å². The predicted octanol–water partition coefficient (Wildman–Crippen LogP) is 1.60. The van der Waals surface area contributed by atoms with Gasteiger partial charge in [0.05, 0.1) is 17.1 Å². The molecule has 0 unspecified atom stereocenters. The summed E-state index contributed by atoms with van der Waals surface area (Å²) >= 11 is 0. The van der Waals surface area contributed by atoms with E-state index >= 15 is 0 Å². The van der Waals surface area contributed by atoms with Crippen molar-refractivity contribution in [2.75, 3.05) is 5.73 Å². The summed E-state index contributed by atoms with van der Waals surface area (Å²) in [5.74, 6) is 0.866. The van der Waals surface area contributed by atoms with Crippen LogP contribution in [0, 0.1) is 20.8 Å². The first-order chi connectivity index (χ1) is 7.54. The average Bonchev–Trinajstić information content (AvgIpc) is 2.69. The molecule has 0 fully saturated rings. The number of anilines is 1. The van der Waals surface area contributed by atoms with Crippen molar-refractivity contribution in [3.05, 3.63) is 23.1 Å². The van der Waals surface area contributed by atoms with Crippen molar-refractivity contribution < 1.29 is 0 Å². The van der Waals surface area contributed by atoms with E-state index in [1.54, 1.807) is 0 Å². The number of nitrogens with zero attached hydrogens (tertiary/aromatic N) is 4. The van der Waals surface area contributed by atoms with Crippen molar-refractivity contribution in [1.82, 2.24) is 19.6 Å². The number of aromatic nitrogens is 4. The molecule has 0 saturated carbocycles. The molecule has 0 bridgehead atoms. The number of nitrogen functional groups attached to an aromatic ring is 1. The lowest BCUT2D eigenvalue weighted by molar-refractivity contribution is 0.613. The van der Waals surface area contributed by atoms with E-state index in [9.17, 15) is 0 Å². The van der Waals surface area contributed by atoms with Gasteiger partial charge in [0, 0.05) is 12.2 Å². The fourth-order valence-electron chi connectivity index (χ4n) is 1.87. The molecule has 2 heterocycles. The van der Waals surface area contributed by atoms with Crippen molar-refractivity contribution in [1.29, 1.82) is 0 Å². The molecule has 0 aliphatic rings. The van der Waals surface area contributed by atoms with Gasteiger partial charge in [0.15, 0.2) is 5.82 Å². The molecule has 2 N–H and O–H groups in total. The van der Waals surface area contributed by atoms with Crippen LogP contribution in [0.4, 0.5) is 5.69 Å². The van der Waals surface area contributed by atoms with Gasteiger partial charge in [-0.15, -0.1) is 0 Å². The maximum absolute atomic E-state index is 6.04. The molecule has 5 heteroatoms. The van der Waals surface area contributed by atoms with Crippen LogP contribution in [0.15, 0.2) is 6.07 Å². The lowest BCUT2D eigenvalue weighted by Crippen LogP contribution is -2.10. The molecule has 0 aliphatic carbocycles. The van der Waals surface area contributed by atoms with Gasteiger partial charge in [-0.2, -0.15) is 10.2 Å². The Morgan fingerprint density at radius 3 is 2.44 bits per heavy atom. The number of rotatable bonds is 2. The Morgan fingerprint density at radius 2 is 1.94 bits per heavy atom. The normalized spacial score (nSPS) is 11.0. The van der Waals surface area contributed by atoms with Crippen molar-refractivity contribution in [2.45, 2.75) is 34.2 Å². The molecule has 16 heavy (non-hydrogen) atoms. The van der Waals surface area contributed by atoms with Crippen LogP contribution < -0.4 is 5.73 Å². The van der Waals surface area contributed by atoms with E-state index < -0.39 is 0 Å². The van der Waals surface area contributed by atoms with Crippen molar-refractivity contribution in [3.8, 4) is 5.82 Å². The Labute approximate surface area is 94.9 Å². The van der Waals surface area contributed by atoms with E-state index in [0.717, 1.165) is 29.4 Å². The summed E-state index contributed by atoms with van der Waals surface area (Å²) in [7, 11) is 0. The number of nitrogens with two attached hydrogens (primary N) is 1. The third kappa shape index (κ3) is 1.48. The molecule has 0 aromatic carbocycles. The minimum absolute atomic E-state index is 0.702. The van der Waals surface area contributed by atoms with Crippen molar-refractivity contribution in [3.63, 3.8) is 0 Å². The molecule has 0 radical (unpaired) electrons. The zero-order chi connectivity index (χ0) is 11.9. The van der Waals surface area contributed by atoms with E-state index in [2.05, 4.69) is 10.2 Å². The minimum Gasteiger partial charge on any atom is -0.394 e. The Bertz CT molecular complexity index is 521. The molecule has 5 nitrogen and oxygen atoms in total. The maximum Gasteiger partial charge on any atom is 0.175 e. The Morgan fingerprint density at radius 1 is 1.25 bits per heavy atom. The Hall–Kier alpha value is -1.78. The highest BCUT2D eigenvalue weighted by molar-refractivity contribution is 5.57. The number of aryl methyl sites for hydroxylation is 4. The van der Waals surface area contributed by atoms with Gasteiger partial charge in [-0.05, 0) is 33.8 Å². The molecular formula is C11H17N5. The lowest BCUT2D eigenvalue weighted by atomic mass is 10.3. The first-order valence-corrected chi connectivity index (χ1v) is 5.41. The van der Waals surface area contributed by atoms with E-state index in [0.29, 0.717) is 5.69 Å². The molecule has 2 aromatic rings. The second kappa shape index (κ2) is 3.66. The van der Waals surface area contributed by atoms with Crippen LogP contribution in [-0.4, -0.2) is 19.6 Å². The van der Waals surface area contributed by atoms with Crippen LogP contribution in [0.5, 0.6) is 0 Å². The van der Waals surface area contributed by atoms with E-state index in [1.807, 2.05) is 43.1 Å². The smallest absolute Gasteiger partial charge is 0.175 e. The topological polar surface area (TPSA) is 61.7 Å². The molecule has 0 saturated heterocycles. The summed E-state index contributed by atoms with van der Waals surface area (Å²) in [6.45, 7) is 8.73. The highest BCUT2D eigenvalue weighted by Gasteiger charge is 2.15. The molecule has 0 aliphatic heterocycles. The summed E-state index contributed by atoms with van der Waals surface area (Å²) in [5.41, 5.74) is 9.65. The lowest BCUT2D eigenvalue weighted by Gasteiger charge is -2.07.